The van der Waals surface area contributed by atoms with E-state index in [0.717, 1.165) is 0 Å². The van der Waals surface area contributed by atoms with E-state index in [1.54, 1.807) is 56.3 Å². The van der Waals surface area contributed by atoms with Gasteiger partial charge in [-0.15, -0.1) is 4.40 Å². The maximum atomic E-state index is 12.4. The molecular weight excluding hydrogens is 434 g/mol. The number of fused-ring (bicyclic) bond motifs is 1. The third-order valence-corrected chi connectivity index (χ3v) is 6.06. The third-order valence-electron chi connectivity index (χ3n) is 4.69. The van der Waals surface area contributed by atoms with Crippen LogP contribution >= 0.6 is 0 Å². The number of rotatable bonds is 8. The van der Waals surface area contributed by atoms with E-state index in [1.807, 2.05) is 0 Å². The molecule has 0 aliphatic carbocycles. The predicted molar refractivity (Wildman–Crippen MR) is 120 cm³/mol. The van der Waals surface area contributed by atoms with Crippen molar-refractivity contribution in [3.8, 4) is 5.75 Å². The smallest absolute Gasteiger partial charge is 0.306 e. The average Bonchev–Trinajstić information content (AvgIpc) is 2.71. The Morgan fingerprint density at radius 2 is 1.78 bits per heavy atom. The Balaban J connectivity index is 1.54. The fraction of sp³-hybridized carbons (Fsp3) is 0.318. The molecule has 0 spiro atoms. The van der Waals surface area contributed by atoms with Crippen LogP contribution in [-0.2, 0) is 24.3 Å². The maximum Gasteiger partial charge on any atom is 0.306 e. The maximum absolute atomic E-state index is 12.4. The van der Waals surface area contributed by atoms with E-state index in [9.17, 15) is 18.0 Å². The number of benzene rings is 2. The number of hydrogen-bond acceptors (Lipinski definition) is 7. The summed E-state index contributed by atoms with van der Waals surface area (Å²) in [5, 5.41) is 5.64. The van der Waals surface area contributed by atoms with E-state index in [4.69, 9.17) is 9.47 Å². The molecule has 1 heterocycles. The van der Waals surface area contributed by atoms with Gasteiger partial charge in [0, 0.05) is 6.42 Å². The highest BCUT2D eigenvalue weighted by molar-refractivity contribution is 7.90. The first kappa shape index (κ1) is 23.3. The number of esters is 1. The third kappa shape index (κ3) is 5.85. The molecule has 0 atom stereocenters. The summed E-state index contributed by atoms with van der Waals surface area (Å²) in [7, 11) is -2.31. The standard InChI is InChI=1S/C22H25N3O6S/c1-22(2,12-19-23-16-9-5-7-11-18(16)32(28,29)25-19)13-21(27)31-14-20(26)24-15-8-4-6-10-17(15)30-3/h4-11H,12-14H2,1-3H3,(H,23,25)(H,24,26). The monoisotopic (exact) mass is 459 g/mol. The normalized spacial score (nSPS) is 14.4. The van der Waals surface area contributed by atoms with Crippen LogP contribution in [0.15, 0.2) is 57.8 Å². The second-order valence-corrected chi connectivity index (χ2v) is 9.63. The van der Waals surface area contributed by atoms with E-state index >= 15 is 0 Å². The quantitative estimate of drug-likeness (QED) is 0.581. The van der Waals surface area contributed by atoms with Gasteiger partial charge in [0.25, 0.3) is 15.9 Å². The van der Waals surface area contributed by atoms with Gasteiger partial charge in [-0.2, -0.15) is 8.42 Å². The van der Waals surface area contributed by atoms with Crippen LogP contribution in [-0.4, -0.2) is 39.8 Å². The minimum Gasteiger partial charge on any atom is -0.495 e. The molecule has 0 unspecified atom stereocenters. The molecule has 0 fully saturated rings. The Morgan fingerprint density at radius 3 is 2.53 bits per heavy atom. The largest absolute Gasteiger partial charge is 0.495 e. The molecule has 32 heavy (non-hydrogen) atoms. The number of anilines is 2. The highest BCUT2D eigenvalue weighted by atomic mass is 32.2. The Kier molecular flexibility index (Phi) is 6.83. The van der Waals surface area contributed by atoms with Crippen molar-refractivity contribution in [1.29, 1.82) is 0 Å². The molecule has 1 aliphatic rings. The average molecular weight is 460 g/mol. The zero-order chi connectivity index (χ0) is 23.4. The summed E-state index contributed by atoms with van der Waals surface area (Å²) in [6, 6.07) is 13.4. The van der Waals surface area contributed by atoms with Gasteiger partial charge in [-0.25, -0.2) is 0 Å². The van der Waals surface area contributed by atoms with Gasteiger partial charge in [0.2, 0.25) is 0 Å². The van der Waals surface area contributed by atoms with Crippen molar-refractivity contribution in [2.24, 2.45) is 9.81 Å². The summed E-state index contributed by atoms with van der Waals surface area (Å²) < 4.78 is 38.9. The fourth-order valence-corrected chi connectivity index (χ4v) is 4.43. The van der Waals surface area contributed by atoms with Gasteiger partial charge >= 0.3 is 5.97 Å². The Morgan fingerprint density at radius 1 is 1.09 bits per heavy atom. The fourth-order valence-electron chi connectivity index (χ4n) is 3.28. The SMILES string of the molecule is COc1ccccc1NC(=O)COC(=O)CC(C)(C)CC1=NS(=O)(=O)c2ccccc2N1. The van der Waals surface area contributed by atoms with Gasteiger partial charge in [-0.1, -0.05) is 38.1 Å². The number of nitrogens with one attached hydrogen (secondary N) is 2. The van der Waals surface area contributed by atoms with Crippen molar-refractivity contribution in [2.45, 2.75) is 31.6 Å². The Hall–Kier alpha value is -3.40. The lowest BCUT2D eigenvalue weighted by atomic mass is 9.85. The van der Waals surface area contributed by atoms with Crippen molar-refractivity contribution in [2.75, 3.05) is 24.4 Å². The molecule has 1 amide bonds. The molecule has 10 heteroatoms. The highest BCUT2D eigenvalue weighted by Crippen LogP contribution is 2.32. The van der Waals surface area contributed by atoms with Crippen molar-refractivity contribution in [1.82, 2.24) is 0 Å². The first-order valence-corrected chi connectivity index (χ1v) is 11.3. The molecule has 0 bridgehead atoms. The van der Waals surface area contributed by atoms with Crippen molar-refractivity contribution in [3.63, 3.8) is 0 Å². The van der Waals surface area contributed by atoms with Gasteiger partial charge in [0.15, 0.2) is 6.61 Å². The van der Waals surface area contributed by atoms with Gasteiger partial charge in [-0.3, -0.25) is 9.59 Å². The van der Waals surface area contributed by atoms with Crippen LogP contribution in [0.25, 0.3) is 0 Å². The minimum atomic E-state index is -3.80. The Labute approximate surface area is 186 Å². The molecular formula is C22H25N3O6S. The van der Waals surface area contributed by atoms with E-state index < -0.39 is 33.9 Å². The van der Waals surface area contributed by atoms with Crippen LogP contribution in [0.1, 0.15) is 26.7 Å². The van der Waals surface area contributed by atoms with Crippen LogP contribution in [0.5, 0.6) is 5.75 Å². The number of ether oxygens (including phenoxy) is 2. The second-order valence-electron chi connectivity index (χ2n) is 8.06. The first-order chi connectivity index (χ1) is 15.1. The predicted octanol–water partition coefficient (Wildman–Crippen LogP) is 3.20. The zero-order valence-corrected chi connectivity index (χ0v) is 18.9. The van der Waals surface area contributed by atoms with E-state index in [0.29, 0.717) is 17.1 Å². The number of amides is 1. The minimum absolute atomic E-state index is 0.0304. The van der Waals surface area contributed by atoms with Gasteiger partial charge in [0.1, 0.15) is 16.5 Å². The number of carbonyl (C=O) groups excluding carboxylic acids is 2. The van der Waals surface area contributed by atoms with Crippen molar-refractivity contribution in [3.05, 3.63) is 48.5 Å². The van der Waals surface area contributed by atoms with Crippen LogP contribution in [0.4, 0.5) is 11.4 Å². The lowest BCUT2D eigenvalue weighted by Crippen LogP contribution is -2.30. The molecule has 0 saturated carbocycles. The van der Waals surface area contributed by atoms with Crippen LogP contribution in [0.2, 0.25) is 0 Å². The molecule has 1 aliphatic heterocycles. The number of methoxy groups -OCH3 is 1. The molecule has 0 aromatic heterocycles. The van der Waals surface area contributed by atoms with Gasteiger partial charge < -0.3 is 20.1 Å². The van der Waals surface area contributed by atoms with Gasteiger partial charge in [0.05, 0.1) is 24.9 Å². The zero-order valence-electron chi connectivity index (χ0n) is 18.0. The summed E-state index contributed by atoms with van der Waals surface area (Å²) in [5.41, 5.74) is 0.257. The number of sulfonamides is 1. The van der Waals surface area contributed by atoms with Crippen molar-refractivity contribution >= 4 is 39.1 Å². The number of nitrogens with zero attached hydrogens (tertiary/aromatic N) is 1. The molecule has 2 aromatic carbocycles. The summed E-state index contributed by atoms with van der Waals surface area (Å²) in [4.78, 5) is 24.5. The summed E-state index contributed by atoms with van der Waals surface area (Å²) in [6.07, 6.45) is 0.167. The molecule has 2 aromatic rings. The molecule has 0 saturated heterocycles. The number of carbonyl (C=O) groups is 2. The van der Waals surface area contributed by atoms with Gasteiger partial charge in [-0.05, 0) is 29.7 Å². The molecule has 9 nitrogen and oxygen atoms in total. The van der Waals surface area contributed by atoms with Crippen molar-refractivity contribution < 1.29 is 27.5 Å². The highest BCUT2D eigenvalue weighted by Gasteiger charge is 2.30. The Bertz CT molecular complexity index is 1160. The van der Waals surface area contributed by atoms with E-state index in [2.05, 4.69) is 15.0 Å². The molecule has 3 rings (SSSR count). The van der Waals surface area contributed by atoms with E-state index in [1.165, 1.54) is 13.2 Å². The van der Waals surface area contributed by atoms with Crippen LogP contribution < -0.4 is 15.4 Å². The summed E-state index contributed by atoms with van der Waals surface area (Å²) >= 11 is 0. The lowest BCUT2D eigenvalue weighted by molar-refractivity contribution is -0.149. The number of hydrogen-bond donors (Lipinski definition) is 2. The number of amidine groups is 1. The molecule has 0 radical (unpaired) electrons. The van der Waals surface area contributed by atoms with Crippen LogP contribution in [0, 0.1) is 5.41 Å². The first-order valence-electron chi connectivity index (χ1n) is 9.88. The topological polar surface area (TPSA) is 123 Å². The molecule has 2 N–H and O–H groups in total. The second kappa shape index (κ2) is 9.39. The molecule has 170 valence electrons. The summed E-state index contributed by atoms with van der Waals surface area (Å²) in [6.45, 7) is 3.13. The lowest BCUT2D eigenvalue weighted by Gasteiger charge is -2.26. The number of para-hydroxylation sites is 3. The van der Waals surface area contributed by atoms with E-state index in [-0.39, 0.29) is 23.6 Å². The van der Waals surface area contributed by atoms with Crippen LogP contribution in [0.3, 0.4) is 0 Å². The summed E-state index contributed by atoms with van der Waals surface area (Å²) in [5.74, 6) is -0.340.